The number of amidine groups is 1. The van der Waals surface area contributed by atoms with Gasteiger partial charge in [-0.1, -0.05) is 66.7 Å². The predicted octanol–water partition coefficient (Wildman–Crippen LogP) is 5.83. The van der Waals surface area contributed by atoms with Gasteiger partial charge in [-0.3, -0.25) is 4.99 Å². The molecule has 1 aliphatic rings. The van der Waals surface area contributed by atoms with Gasteiger partial charge in [0.1, 0.15) is 5.84 Å². The minimum atomic E-state index is 0.566. The molecule has 0 heterocycles. The van der Waals surface area contributed by atoms with Crippen LogP contribution in [0, 0.1) is 5.92 Å². The molecule has 0 saturated heterocycles. The number of fused-ring (bicyclic) bond motifs is 1. The Balaban J connectivity index is 1.65. The van der Waals surface area contributed by atoms with Crippen LogP contribution in [0.15, 0.2) is 95.6 Å². The molecule has 1 aliphatic carbocycles. The highest BCUT2D eigenvalue weighted by Gasteiger charge is 2.22. The molecule has 29 heavy (non-hydrogen) atoms. The molecule has 0 aliphatic heterocycles. The summed E-state index contributed by atoms with van der Waals surface area (Å²) in [5, 5.41) is 5.85. The number of anilines is 1. The third-order valence-corrected chi connectivity index (χ3v) is 5.41. The first kappa shape index (κ1) is 19.0. The van der Waals surface area contributed by atoms with Crippen molar-refractivity contribution in [1.29, 1.82) is 0 Å². The van der Waals surface area contributed by atoms with Gasteiger partial charge in [-0.25, -0.2) is 0 Å². The number of rotatable bonds is 6. The maximum absolute atomic E-state index is 6.25. The SMILES string of the molecule is C=C(/C=C(\C)C1CC1)NC(=NCc1cccc2ccccc12)c1ccccc1N. The van der Waals surface area contributed by atoms with Gasteiger partial charge >= 0.3 is 0 Å². The summed E-state index contributed by atoms with van der Waals surface area (Å²) in [5.74, 6) is 1.47. The lowest BCUT2D eigenvalue weighted by molar-refractivity contribution is 0.989. The summed E-state index contributed by atoms with van der Waals surface area (Å²) < 4.78 is 0. The van der Waals surface area contributed by atoms with Gasteiger partial charge in [-0.05, 0) is 60.2 Å². The van der Waals surface area contributed by atoms with Gasteiger partial charge in [0, 0.05) is 16.9 Å². The van der Waals surface area contributed by atoms with Gasteiger partial charge in [0.25, 0.3) is 0 Å². The normalized spacial score (nSPS) is 14.8. The van der Waals surface area contributed by atoms with Crippen LogP contribution in [0.5, 0.6) is 0 Å². The first-order valence-electron chi connectivity index (χ1n) is 10.1. The number of para-hydroxylation sites is 1. The highest BCUT2D eigenvalue weighted by molar-refractivity contribution is 6.04. The standard InChI is InChI=1S/C26H27N3/c1-18(20-14-15-20)16-19(2)29-26(24-12-5-6-13-25(24)27)28-17-22-10-7-9-21-8-3-4-11-23(21)22/h3-13,16,20H,2,14-15,17,27H2,1H3,(H,28,29)/b18-16+. The van der Waals surface area contributed by atoms with Crippen LogP contribution in [0.25, 0.3) is 10.8 Å². The summed E-state index contributed by atoms with van der Waals surface area (Å²) in [5.41, 5.74) is 11.2. The highest BCUT2D eigenvalue weighted by atomic mass is 15.0. The molecule has 0 unspecified atom stereocenters. The Morgan fingerprint density at radius 3 is 2.59 bits per heavy atom. The van der Waals surface area contributed by atoms with Crippen LogP contribution >= 0.6 is 0 Å². The Morgan fingerprint density at radius 1 is 1.07 bits per heavy atom. The number of allylic oxidation sites excluding steroid dienone is 2. The monoisotopic (exact) mass is 381 g/mol. The lowest BCUT2D eigenvalue weighted by atomic mass is 10.0. The second-order valence-electron chi connectivity index (χ2n) is 7.70. The van der Waals surface area contributed by atoms with Crippen LogP contribution in [0.4, 0.5) is 5.69 Å². The summed E-state index contributed by atoms with van der Waals surface area (Å²) in [6.07, 6.45) is 4.69. The van der Waals surface area contributed by atoms with Crippen LogP contribution in [-0.4, -0.2) is 5.84 Å². The van der Waals surface area contributed by atoms with Gasteiger partial charge in [0.15, 0.2) is 0 Å². The van der Waals surface area contributed by atoms with Crippen LogP contribution in [-0.2, 0) is 6.54 Å². The number of aliphatic imine (C=N–C) groups is 1. The van der Waals surface area contributed by atoms with Gasteiger partial charge in [-0.2, -0.15) is 0 Å². The van der Waals surface area contributed by atoms with E-state index in [1.165, 1.54) is 34.8 Å². The molecule has 3 heteroatoms. The van der Waals surface area contributed by atoms with E-state index in [0.29, 0.717) is 18.2 Å². The van der Waals surface area contributed by atoms with Crippen molar-refractivity contribution in [3.8, 4) is 0 Å². The van der Waals surface area contributed by atoms with Crippen LogP contribution in [0.3, 0.4) is 0 Å². The lowest BCUT2D eigenvalue weighted by Gasteiger charge is -2.14. The number of hydrogen-bond acceptors (Lipinski definition) is 2. The average Bonchev–Trinajstić information content (AvgIpc) is 3.57. The molecule has 3 aromatic rings. The van der Waals surface area contributed by atoms with Gasteiger partial charge in [0.2, 0.25) is 0 Å². The van der Waals surface area contributed by atoms with E-state index in [0.717, 1.165) is 17.1 Å². The van der Waals surface area contributed by atoms with Crippen molar-refractivity contribution in [1.82, 2.24) is 5.32 Å². The number of nitrogens with zero attached hydrogens (tertiary/aromatic N) is 1. The fourth-order valence-electron chi connectivity index (χ4n) is 3.62. The van der Waals surface area contributed by atoms with Crippen molar-refractivity contribution in [3.63, 3.8) is 0 Å². The van der Waals surface area contributed by atoms with E-state index >= 15 is 0 Å². The van der Waals surface area contributed by atoms with E-state index in [1.807, 2.05) is 24.3 Å². The van der Waals surface area contributed by atoms with Crippen LogP contribution < -0.4 is 11.1 Å². The summed E-state index contributed by atoms with van der Waals surface area (Å²) in [6, 6.07) is 22.6. The number of nitrogen functional groups attached to an aromatic ring is 1. The molecule has 0 radical (unpaired) electrons. The summed E-state index contributed by atoms with van der Waals surface area (Å²) in [4.78, 5) is 4.92. The van der Waals surface area contributed by atoms with E-state index in [9.17, 15) is 0 Å². The Kier molecular flexibility index (Phi) is 5.48. The van der Waals surface area contributed by atoms with E-state index in [4.69, 9.17) is 10.7 Å². The number of nitrogens with two attached hydrogens (primary N) is 1. The fraction of sp³-hybridized carbons (Fsp3) is 0.192. The zero-order valence-corrected chi connectivity index (χ0v) is 16.9. The van der Waals surface area contributed by atoms with Crippen molar-refractivity contribution in [2.75, 3.05) is 5.73 Å². The summed E-state index contributed by atoms with van der Waals surface area (Å²) in [6.45, 7) is 6.94. The van der Waals surface area contributed by atoms with E-state index < -0.39 is 0 Å². The highest BCUT2D eigenvalue weighted by Crippen LogP contribution is 2.36. The quantitative estimate of drug-likeness (QED) is 0.244. The van der Waals surface area contributed by atoms with Crippen molar-refractivity contribution in [2.24, 2.45) is 10.9 Å². The number of benzene rings is 3. The topological polar surface area (TPSA) is 50.4 Å². The fourth-order valence-corrected chi connectivity index (χ4v) is 3.62. The zero-order chi connectivity index (χ0) is 20.2. The van der Waals surface area contributed by atoms with E-state index in [2.05, 4.69) is 67.4 Å². The average molecular weight is 382 g/mol. The van der Waals surface area contributed by atoms with Crippen molar-refractivity contribution in [3.05, 3.63) is 102 Å². The molecule has 3 aromatic carbocycles. The largest absolute Gasteiger partial charge is 0.398 e. The molecule has 1 saturated carbocycles. The summed E-state index contributed by atoms with van der Waals surface area (Å²) in [7, 11) is 0. The third kappa shape index (κ3) is 4.57. The second-order valence-corrected chi connectivity index (χ2v) is 7.70. The van der Waals surface area contributed by atoms with Gasteiger partial charge < -0.3 is 11.1 Å². The minimum absolute atomic E-state index is 0.566. The zero-order valence-electron chi connectivity index (χ0n) is 16.9. The summed E-state index contributed by atoms with van der Waals surface area (Å²) >= 11 is 0. The van der Waals surface area contributed by atoms with Gasteiger partial charge in [-0.15, -0.1) is 0 Å². The number of hydrogen-bond donors (Lipinski definition) is 2. The Labute approximate surface area is 172 Å². The molecule has 0 amide bonds. The third-order valence-electron chi connectivity index (χ3n) is 5.41. The van der Waals surface area contributed by atoms with Crippen molar-refractivity contribution in [2.45, 2.75) is 26.3 Å². The molecule has 0 atom stereocenters. The first-order valence-corrected chi connectivity index (χ1v) is 10.1. The van der Waals surface area contributed by atoms with E-state index in [-0.39, 0.29) is 0 Å². The van der Waals surface area contributed by atoms with E-state index in [1.54, 1.807) is 0 Å². The first-order chi connectivity index (χ1) is 14.1. The lowest BCUT2D eigenvalue weighted by Crippen LogP contribution is -2.24. The maximum Gasteiger partial charge on any atom is 0.135 e. The Morgan fingerprint density at radius 2 is 1.79 bits per heavy atom. The smallest absolute Gasteiger partial charge is 0.135 e. The second kappa shape index (κ2) is 8.36. The molecule has 146 valence electrons. The molecule has 1 fully saturated rings. The molecule has 3 nitrogen and oxygen atoms in total. The number of nitrogens with one attached hydrogen (secondary N) is 1. The molecule has 0 spiro atoms. The van der Waals surface area contributed by atoms with Crippen molar-refractivity contribution >= 4 is 22.3 Å². The molecular weight excluding hydrogens is 354 g/mol. The maximum atomic E-state index is 6.25. The van der Waals surface area contributed by atoms with Crippen molar-refractivity contribution < 1.29 is 0 Å². The van der Waals surface area contributed by atoms with Gasteiger partial charge in [0.05, 0.1) is 6.54 Å². The Bertz CT molecular complexity index is 1100. The predicted molar refractivity (Wildman–Crippen MR) is 124 cm³/mol. The molecule has 0 aromatic heterocycles. The Hall–Kier alpha value is -3.33. The van der Waals surface area contributed by atoms with Crippen LogP contribution in [0.1, 0.15) is 30.9 Å². The molecule has 3 N–H and O–H groups in total. The van der Waals surface area contributed by atoms with Crippen LogP contribution in [0.2, 0.25) is 0 Å². The molecular formula is C26H27N3. The molecule has 0 bridgehead atoms. The minimum Gasteiger partial charge on any atom is -0.398 e. The molecule has 4 rings (SSSR count).